The number of ether oxygens (including phenoxy) is 1. The van der Waals surface area contributed by atoms with E-state index in [9.17, 15) is 0 Å². The first kappa shape index (κ1) is 12.2. The molecule has 1 aliphatic heterocycles. The molecule has 0 bridgehead atoms. The molecule has 0 spiro atoms. The van der Waals surface area contributed by atoms with Crippen molar-refractivity contribution in [3.8, 4) is 5.75 Å². The van der Waals surface area contributed by atoms with Crippen molar-refractivity contribution in [2.75, 3.05) is 18.6 Å². The van der Waals surface area contributed by atoms with Crippen molar-refractivity contribution < 1.29 is 4.74 Å². The lowest BCUT2D eigenvalue weighted by atomic mass is 10.2. The highest BCUT2D eigenvalue weighted by Gasteiger charge is 2.12. The van der Waals surface area contributed by atoms with Crippen LogP contribution in [0.15, 0.2) is 28.6 Å². The summed E-state index contributed by atoms with van der Waals surface area (Å²) < 4.78 is 6.07. The largest absolute Gasteiger partial charge is 0.497 e. The van der Waals surface area contributed by atoms with Gasteiger partial charge in [0.25, 0.3) is 0 Å². The lowest BCUT2D eigenvalue weighted by Gasteiger charge is -2.07. The van der Waals surface area contributed by atoms with Crippen LogP contribution in [0.1, 0.15) is 12.0 Å². The second kappa shape index (κ2) is 5.89. The van der Waals surface area contributed by atoms with Crippen LogP contribution in [0.5, 0.6) is 5.75 Å². The van der Waals surface area contributed by atoms with Gasteiger partial charge < -0.3 is 4.74 Å². The minimum absolute atomic E-state index is 0.881. The van der Waals surface area contributed by atoms with Crippen molar-refractivity contribution in [1.82, 2.24) is 0 Å². The number of benzene rings is 1. The van der Waals surface area contributed by atoms with Gasteiger partial charge in [-0.15, -0.1) is 23.5 Å². The molecule has 1 aromatic rings. The molecule has 16 heavy (non-hydrogen) atoms. The molecule has 0 saturated heterocycles. The molecular formula is C12H13ClOS2. The molecule has 0 N–H and O–H groups in total. The molecule has 1 aromatic carbocycles. The van der Waals surface area contributed by atoms with Crippen molar-refractivity contribution in [2.24, 2.45) is 0 Å². The van der Waals surface area contributed by atoms with Gasteiger partial charge in [-0.3, -0.25) is 0 Å². The van der Waals surface area contributed by atoms with Gasteiger partial charge in [0, 0.05) is 4.91 Å². The molecule has 1 heterocycles. The van der Waals surface area contributed by atoms with Gasteiger partial charge in [-0.1, -0.05) is 23.7 Å². The van der Waals surface area contributed by atoms with E-state index in [0.29, 0.717) is 0 Å². The second-order valence-electron chi connectivity index (χ2n) is 3.38. The van der Waals surface area contributed by atoms with E-state index in [0.717, 1.165) is 21.6 Å². The van der Waals surface area contributed by atoms with Crippen molar-refractivity contribution in [2.45, 2.75) is 6.42 Å². The molecule has 0 radical (unpaired) electrons. The van der Waals surface area contributed by atoms with E-state index in [1.54, 1.807) is 18.9 Å². The summed E-state index contributed by atoms with van der Waals surface area (Å²) in [6.45, 7) is 0. The van der Waals surface area contributed by atoms with Crippen molar-refractivity contribution >= 4 is 40.0 Å². The first-order valence-electron chi connectivity index (χ1n) is 5.11. The van der Waals surface area contributed by atoms with Crippen LogP contribution in [0.4, 0.5) is 0 Å². The first-order chi connectivity index (χ1) is 7.81. The van der Waals surface area contributed by atoms with E-state index < -0.39 is 0 Å². The van der Waals surface area contributed by atoms with Gasteiger partial charge in [0.15, 0.2) is 0 Å². The second-order valence-corrected chi connectivity index (χ2v) is 6.19. The summed E-state index contributed by atoms with van der Waals surface area (Å²) in [4.78, 5) is 1.20. The fourth-order valence-electron chi connectivity index (χ4n) is 1.46. The fraction of sp³-hybridized carbons (Fsp3) is 0.333. The van der Waals surface area contributed by atoms with Gasteiger partial charge in [-0.05, 0) is 35.6 Å². The van der Waals surface area contributed by atoms with E-state index in [4.69, 9.17) is 16.3 Å². The van der Waals surface area contributed by atoms with Gasteiger partial charge in [-0.2, -0.15) is 0 Å². The van der Waals surface area contributed by atoms with Gasteiger partial charge >= 0.3 is 0 Å². The molecule has 0 fully saturated rings. The summed E-state index contributed by atoms with van der Waals surface area (Å²) in [5, 5.41) is 0. The lowest BCUT2D eigenvalue weighted by Crippen LogP contribution is -1.85. The number of hydrogen-bond acceptors (Lipinski definition) is 3. The Kier molecular flexibility index (Phi) is 4.50. The van der Waals surface area contributed by atoms with Crippen molar-refractivity contribution in [3.63, 3.8) is 0 Å². The smallest absolute Gasteiger partial charge is 0.118 e. The predicted octanol–water partition coefficient (Wildman–Crippen LogP) is 4.43. The van der Waals surface area contributed by atoms with Gasteiger partial charge in [0.05, 0.1) is 11.5 Å². The average molecular weight is 273 g/mol. The Bertz CT molecular complexity index is 387. The molecule has 0 atom stereocenters. The van der Waals surface area contributed by atoms with E-state index in [1.165, 1.54) is 16.9 Å². The van der Waals surface area contributed by atoms with E-state index >= 15 is 0 Å². The molecule has 2 rings (SSSR count). The zero-order valence-electron chi connectivity index (χ0n) is 9.03. The minimum atomic E-state index is 0.881. The first-order valence-corrected chi connectivity index (χ1v) is 7.46. The van der Waals surface area contributed by atoms with Crippen molar-refractivity contribution in [3.05, 3.63) is 34.2 Å². The molecule has 86 valence electrons. The topological polar surface area (TPSA) is 9.23 Å². The third kappa shape index (κ3) is 2.90. The maximum atomic E-state index is 6.29. The van der Waals surface area contributed by atoms with Crippen LogP contribution in [0.25, 0.3) is 4.91 Å². The quantitative estimate of drug-likeness (QED) is 0.788. The summed E-state index contributed by atoms with van der Waals surface area (Å²) in [5.74, 6) is 3.14. The number of rotatable bonds is 2. The van der Waals surface area contributed by atoms with Crippen LogP contribution in [0.2, 0.25) is 0 Å². The predicted molar refractivity (Wildman–Crippen MR) is 75.3 cm³/mol. The van der Waals surface area contributed by atoms with Crippen LogP contribution >= 0.6 is 35.1 Å². The molecule has 0 saturated carbocycles. The number of hydrogen-bond donors (Lipinski definition) is 0. The average Bonchev–Trinajstić information content (AvgIpc) is 2.54. The summed E-state index contributed by atoms with van der Waals surface area (Å²) in [7, 11) is 1.68. The molecule has 0 aromatic heterocycles. The Labute approximate surface area is 110 Å². The molecule has 0 amide bonds. The van der Waals surface area contributed by atoms with Crippen LogP contribution in [0, 0.1) is 0 Å². The number of thioether (sulfide) groups is 2. The molecule has 1 nitrogen and oxygen atoms in total. The lowest BCUT2D eigenvalue weighted by molar-refractivity contribution is 0.415. The zero-order valence-corrected chi connectivity index (χ0v) is 11.4. The Hall–Kier alpha value is -0.250. The maximum Gasteiger partial charge on any atom is 0.118 e. The van der Waals surface area contributed by atoms with Crippen LogP contribution in [-0.2, 0) is 0 Å². The summed E-state index contributed by atoms with van der Waals surface area (Å²) in [6, 6.07) is 8.08. The number of halogens is 1. The standard InChI is InChI=1S/C12H13ClOS2/c1-14-10-5-3-9(4-6-10)11-12(13)16-8-2-7-15-11/h3-6H,2,7-8H2,1H3. The van der Waals surface area contributed by atoms with Crippen LogP contribution in [-0.4, -0.2) is 18.6 Å². The highest BCUT2D eigenvalue weighted by molar-refractivity contribution is 8.12. The third-order valence-corrected chi connectivity index (χ3v) is 5.22. The Morgan fingerprint density at radius 1 is 1.12 bits per heavy atom. The zero-order chi connectivity index (χ0) is 11.4. The normalized spacial score (nSPS) is 17.1. The van der Waals surface area contributed by atoms with Gasteiger partial charge in [0.2, 0.25) is 0 Å². The summed E-state index contributed by atoms with van der Waals surface area (Å²) in [5.41, 5.74) is 1.19. The third-order valence-electron chi connectivity index (χ3n) is 2.29. The summed E-state index contributed by atoms with van der Waals surface area (Å²) in [6.07, 6.45) is 1.21. The van der Waals surface area contributed by atoms with Crippen LogP contribution < -0.4 is 4.74 Å². The summed E-state index contributed by atoms with van der Waals surface area (Å²) >= 11 is 9.88. The van der Waals surface area contributed by atoms with Crippen LogP contribution in [0.3, 0.4) is 0 Å². The Morgan fingerprint density at radius 3 is 2.50 bits per heavy atom. The van der Waals surface area contributed by atoms with Crippen molar-refractivity contribution in [1.29, 1.82) is 0 Å². The van der Waals surface area contributed by atoms with E-state index in [-0.39, 0.29) is 0 Å². The maximum absolute atomic E-state index is 6.29. The Morgan fingerprint density at radius 2 is 1.81 bits per heavy atom. The number of methoxy groups -OCH3 is 1. The van der Waals surface area contributed by atoms with Gasteiger partial charge in [-0.25, -0.2) is 0 Å². The monoisotopic (exact) mass is 272 g/mol. The highest BCUT2D eigenvalue weighted by atomic mass is 35.5. The van der Waals surface area contributed by atoms with E-state index in [2.05, 4.69) is 12.1 Å². The SMILES string of the molecule is COc1ccc(C2=C(Cl)SCCCS2)cc1. The van der Waals surface area contributed by atoms with E-state index in [1.807, 2.05) is 23.9 Å². The molecule has 4 heteroatoms. The molecule has 0 aliphatic carbocycles. The minimum Gasteiger partial charge on any atom is -0.497 e. The molecular weight excluding hydrogens is 260 g/mol. The fourth-order valence-corrected chi connectivity index (χ4v) is 4.12. The van der Waals surface area contributed by atoms with Gasteiger partial charge in [0.1, 0.15) is 5.75 Å². The highest BCUT2D eigenvalue weighted by Crippen LogP contribution is 2.41. The molecule has 1 aliphatic rings. The Balaban J connectivity index is 2.27. The molecule has 0 unspecified atom stereocenters.